The SMILES string of the molecule is CCCN(Cc1csc(COc2ccc(C)cc2)n1)C(=O)c1ccc2c(c1)OCO2. The molecule has 1 amide bonds. The molecule has 0 aliphatic carbocycles. The first-order chi connectivity index (χ1) is 14.6. The zero-order valence-electron chi connectivity index (χ0n) is 17.1. The fourth-order valence-corrected chi connectivity index (χ4v) is 3.89. The first-order valence-electron chi connectivity index (χ1n) is 9.94. The molecule has 7 heteroatoms. The van der Waals surface area contributed by atoms with Crippen molar-refractivity contribution in [3.05, 3.63) is 69.7 Å². The van der Waals surface area contributed by atoms with Crippen molar-refractivity contribution in [1.29, 1.82) is 0 Å². The Morgan fingerprint density at radius 1 is 1.17 bits per heavy atom. The summed E-state index contributed by atoms with van der Waals surface area (Å²) in [6.45, 7) is 5.82. The zero-order valence-corrected chi connectivity index (χ0v) is 17.9. The van der Waals surface area contributed by atoms with Crippen LogP contribution in [0.2, 0.25) is 0 Å². The summed E-state index contributed by atoms with van der Waals surface area (Å²) < 4.78 is 16.5. The van der Waals surface area contributed by atoms with Crippen molar-refractivity contribution in [1.82, 2.24) is 9.88 Å². The van der Waals surface area contributed by atoms with Crippen molar-refractivity contribution < 1.29 is 19.0 Å². The van der Waals surface area contributed by atoms with Crippen LogP contribution in [0.3, 0.4) is 0 Å². The van der Waals surface area contributed by atoms with Crippen LogP contribution in [0.4, 0.5) is 0 Å². The number of nitrogens with zero attached hydrogens (tertiary/aromatic N) is 2. The van der Waals surface area contributed by atoms with Crippen LogP contribution in [-0.4, -0.2) is 29.1 Å². The summed E-state index contributed by atoms with van der Waals surface area (Å²) in [7, 11) is 0. The number of hydrogen-bond acceptors (Lipinski definition) is 6. The van der Waals surface area contributed by atoms with Crippen molar-refractivity contribution in [3.63, 3.8) is 0 Å². The second kappa shape index (κ2) is 9.17. The van der Waals surface area contributed by atoms with E-state index in [0.29, 0.717) is 36.8 Å². The van der Waals surface area contributed by atoms with Gasteiger partial charge < -0.3 is 19.1 Å². The van der Waals surface area contributed by atoms with Crippen LogP contribution in [0, 0.1) is 6.92 Å². The molecular weight excluding hydrogens is 400 g/mol. The van der Waals surface area contributed by atoms with E-state index in [1.54, 1.807) is 29.5 Å². The maximum atomic E-state index is 13.1. The van der Waals surface area contributed by atoms with Crippen LogP contribution < -0.4 is 14.2 Å². The molecule has 0 fully saturated rings. The maximum absolute atomic E-state index is 13.1. The highest BCUT2D eigenvalue weighted by Crippen LogP contribution is 2.33. The predicted molar refractivity (Wildman–Crippen MR) is 115 cm³/mol. The second-order valence-electron chi connectivity index (χ2n) is 7.13. The Morgan fingerprint density at radius 2 is 1.97 bits per heavy atom. The van der Waals surface area contributed by atoms with Crippen LogP contribution >= 0.6 is 11.3 Å². The van der Waals surface area contributed by atoms with Gasteiger partial charge in [0, 0.05) is 17.5 Å². The molecule has 0 spiro atoms. The normalized spacial score (nSPS) is 12.1. The van der Waals surface area contributed by atoms with Crippen molar-refractivity contribution in [2.24, 2.45) is 0 Å². The second-order valence-corrected chi connectivity index (χ2v) is 8.07. The van der Waals surface area contributed by atoms with Gasteiger partial charge in [0.2, 0.25) is 6.79 Å². The highest BCUT2D eigenvalue weighted by molar-refractivity contribution is 7.09. The minimum atomic E-state index is -0.0411. The van der Waals surface area contributed by atoms with Gasteiger partial charge in [-0.15, -0.1) is 11.3 Å². The lowest BCUT2D eigenvalue weighted by atomic mass is 10.1. The molecule has 30 heavy (non-hydrogen) atoms. The molecule has 0 bridgehead atoms. The topological polar surface area (TPSA) is 60.9 Å². The number of benzene rings is 2. The van der Waals surface area contributed by atoms with Crippen LogP contribution in [0.5, 0.6) is 17.2 Å². The summed E-state index contributed by atoms with van der Waals surface area (Å²) >= 11 is 1.55. The summed E-state index contributed by atoms with van der Waals surface area (Å²) in [5.74, 6) is 2.07. The number of ether oxygens (including phenoxy) is 3. The molecule has 1 aliphatic rings. The molecule has 4 rings (SSSR count). The van der Waals surface area contributed by atoms with E-state index in [-0.39, 0.29) is 12.7 Å². The van der Waals surface area contributed by atoms with Crippen molar-refractivity contribution >= 4 is 17.2 Å². The number of amides is 1. The Bertz CT molecular complexity index is 1020. The molecular formula is C23H24N2O4S. The highest BCUT2D eigenvalue weighted by Gasteiger charge is 2.21. The Kier molecular flexibility index (Phi) is 6.18. The highest BCUT2D eigenvalue weighted by atomic mass is 32.1. The molecule has 2 aromatic carbocycles. The molecule has 3 aromatic rings. The number of carbonyl (C=O) groups is 1. The number of thiazole rings is 1. The smallest absolute Gasteiger partial charge is 0.254 e. The Morgan fingerprint density at radius 3 is 2.77 bits per heavy atom. The van der Waals surface area contributed by atoms with Gasteiger partial charge in [-0.3, -0.25) is 4.79 Å². The fourth-order valence-electron chi connectivity index (χ4n) is 3.20. The van der Waals surface area contributed by atoms with E-state index in [1.807, 2.05) is 41.5 Å². The monoisotopic (exact) mass is 424 g/mol. The lowest BCUT2D eigenvalue weighted by Gasteiger charge is -2.21. The fraction of sp³-hybridized carbons (Fsp3) is 0.304. The first kappa shape index (κ1) is 20.2. The Balaban J connectivity index is 1.40. The summed E-state index contributed by atoms with van der Waals surface area (Å²) in [4.78, 5) is 19.5. The van der Waals surface area contributed by atoms with Gasteiger partial charge in [0.15, 0.2) is 11.5 Å². The molecule has 1 aliphatic heterocycles. The standard InChI is InChI=1S/C23H24N2O4S/c1-3-10-25(23(26)17-6-9-20-21(11-17)29-15-28-20)12-18-14-30-22(24-18)13-27-19-7-4-16(2)5-8-19/h4-9,11,14H,3,10,12-13,15H2,1-2H3. The van der Waals surface area contributed by atoms with E-state index in [0.717, 1.165) is 22.9 Å². The minimum Gasteiger partial charge on any atom is -0.486 e. The van der Waals surface area contributed by atoms with Gasteiger partial charge in [-0.2, -0.15) is 0 Å². The van der Waals surface area contributed by atoms with E-state index in [1.165, 1.54) is 5.56 Å². The van der Waals surface area contributed by atoms with E-state index < -0.39 is 0 Å². The van der Waals surface area contributed by atoms with Crippen molar-refractivity contribution in [3.8, 4) is 17.2 Å². The van der Waals surface area contributed by atoms with E-state index in [9.17, 15) is 4.79 Å². The number of fused-ring (bicyclic) bond motifs is 1. The third-order valence-corrected chi connectivity index (χ3v) is 5.61. The average molecular weight is 425 g/mol. The molecule has 6 nitrogen and oxygen atoms in total. The van der Waals surface area contributed by atoms with Crippen LogP contribution in [0.1, 0.15) is 40.0 Å². The van der Waals surface area contributed by atoms with Gasteiger partial charge >= 0.3 is 0 Å². The van der Waals surface area contributed by atoms with Gasteiger partial charge in [-0.1, -0.05) is 24.6 Å². The van der Waals surface area contributed by atoms with Gasteiger partial charge in [0.1, 0.15) is 17.4 Å². The molecule has 1 aromatic heterocycles. The van der Waals surface area contributed by atoms with Gasteiger partial charge in [-0.25, -0.2) is 4.98 Å². The minimum absolute atomic E-state index is 0.0411. The molecule has 0 atom stereocenters. The van der Waals surface area contributed by atoms with E-state index in [4.69, 9.17) is 14.2 Å². The number of rotatable bonds is 8. The Labute approximate surface area is 180 Å². The number of carbonyl (C=O) groups excluding carboxylic acids is 1. The molecule has 0 saturated heterocycles. The number of aromatic nitrogens is 1. The van der Waals surface area contributed by atoms with Crippen LogP contribution in [0.15, 0.2) is 47.8 Å². The van der Waals surface area contributed by atoms with E-state index >= 15 is 0 Å². The first-order valence-corrected chi connectivity index (χ1v) is 10.8. The van der Waals surface area contributed by atoms with E-state index in [2.05, 4.69) is 11.9 Å². The molecule has 0 radical (unpaired) electrons. The summed E-state index contributed by atoms with van der Waals surface area (Å²) in [6, 6.07) is 13.3. The summed E-state index contributed by atoms with van der Waals surface area (Å²) in [5, 5.41) is 2.88. The van der Waals surface area contributed by atoms with Crippen LogP contribution in [0.25, 0.3) is 0 Å². The lowest BCUT2D eigenvalue weighted by molar-refractivity contribution is 0.0741. The van der Waals surface area contributed by atoms with Gasteiger partial charge in [-0.05, 0) is 43.7 Å². The van der Waals surface area contributed by atoms with Gasteiger partial charge in [0.25, 0.3) is 5.91 Å². The largest absolute Gasteiger partial charge is 0.486 e. The number of aryl methyl sites for hydroxylation is 1. The summed E-state index contributed by atoms with van der Waals surface area (Å²) in [5.41, 5.74) is 2.65. The quantitative estimate of drug-likeness (QED) is 0.519. The van der Waals surface area contributed by atoms with Crippen molar-refractivity contribution in [2.45, 2.75) is 33.4 Å². The molecule has 0 unspecified atom stereocenters. The maximum Gasteiger partial charge on any atom is 0.254 e. The predicted octanol–water partition coefficient (Wildman–Crippen LogP) is 4.81. The molecule has 156 valence electrons. The molecule has 2 heterocycles. The zero-order chi connectivity index (χ0) is 20.9. The molecule has 0 N–H and O–H groups in total. The number of hydrogen-bond donors (Lipinski definition) is 0. The molecule has 0 saturated carbocycles. The average Bonchev–Trinajstić information content (AvgIpc) is 3.41. The third-order valence-electron chi connectivity index (χ3n) is 4.74. The lowest BCUT2D eigenvalue weighted by Crippen LogP contribution is -2.31. The van der Waals surface area contributed by atoms with Crippen LogP contribution in [-0.2, 0) is 13.2 Å². The third kappa shape index (κ3) is 4.74. The Hall–Kier alpha value is -3.06. The van der Waals surface area contributed by atoms with Crippen molar-refractivity contribution in [2.75, 3.05) is 13.3 Å². The van der Waals surface area contributed by atoms with Gasteiger partial charge in [0.05, 0.1) is 12.2 Å². The summed E-state index contributed by atoms with van der Waals surface area (Å²) in [6.07, 6.45) is 0.865.